The molecule has 0 aliphatic carbocycles. The zero-order valence-electron chi connectivity index (χ0n) is 22.8. The van der Waals surface area contributed by atoms with Crippen molar-refractivity contribution in [1.29, 1.82) is 0 Å². The second-order valence-corrected chi connectivity index (χ2v) is 12.4. The van der Waals surface area contributed by atoms with Crippen LogP contribution in [0.2, 0.25) is 0 Å². The lowest BCUT2D eigenvalue weighted by molar-refractivity contribution is -0.115. The Bertz CT molecular complexity index is 2090. The minimum atomic E-state index is -3.19. The summed E-state index contributed by atoms with van der Waals surface area (Å²) >= 11 is 0. The number of anilines is 1. The molecule has 0 bridgehead atoms. The molecule has 5 heterocycles. The van der Waals surface area contributed by atoms with Crippen molar-refractivity contribution in [2.75, 3.05) is 17.3 Å². The third-order valence-corrected chi connectivity index (χ3v) is 7.86. The number of rotatable bonds is 8. The fraction of sp³-hybridized carbons (Fsp3) is 0.167. The number of aromatic nitrogens is 6. The van der Waals surface area contributed by atoms with Gasteiger partial charge in [-0.3, -0.25) is 24.8 Å². The molecule has 1 amide bonds. The van der Waals surface area contributed by atoms with Crippen LogP contribution in [0.25, 0.3) is 55.6 Å². The SMILES string of the molecule is CCC(=O)Nc1cncc(-c2cc3c(-c4cc5c(-c6cc(F)cc(CCS(C)(=O)=O)c6)cncc5[nH]4)n[nH]c3cn2)c1. The highest BCUT2D eigenvalue weighted by Gasteiger charge is 2.16. The van der Waals surface area contributed by atoms with Crippen molar-refractivity contribution in [2.45, 2.75) is 19.8 Å². The normalized spacial score (nSPS) is 11.8. The van der Waals surface area contributed by atoms with Crippen LogP contribution in [0.1, 0.15) is 18.9 Å². The topological polar surface area (TPSA) is 146 Å². The number of carbonyl (C=O) groups excluding carboxylic acids is 1. The molecule has 3 N–H and O–H groups in total. The molecule has 212 valence electrons. The predicted molar refractivity (Wildman–Crippen MR) is 160 cm³/mol. The van der Waals surface area contributed by atoms with E-state index in [0.717, 1.165) is 39.3 Å². The second-order valence-electron chi connectivity index (χ2n) is 10.1. The van der Waals surface area contributed by atoms with Crippen LogP contribution in [0.4, 0.5) is 10.1 Å². The molecule has 5 aromatic heterocycles. The van der Waals surface area contributed by atoms with Gasteiger partial charge < -0.3 is 10.3 Å². The highest BCUT2D eigenvalue weighted by atomic mass is 32.2. The smallest absolute Gasteiger partial charge is 0.224 e. The van der Waals surface area contributed by atoms with Crippen LogP contribution >= 0.6 is 0 Å². The Hall–Kier alpha value is -4.97. The van der Waals surface area contributed by atoms with Gasteiger partial charge in [0.2, 0.25) is 5.91 Å². The van der Waals surface area contributed by atoms with Crippen LogP contribution in [0.5, 0.6) is 0 Å². The number of carbonyl (C=O) groups is 1. The van der Waals surface area contributed by atoms with Gasteiger partial charge in [-0.15, -0.1) is 0 Å². The summed E-state index contributed by atoms with van der Waals surface area (Å²) in [7, 11) is -3.19. The quantitative estimate of drug-likeness (QED) is 0.220. The van der Waals surface area contributed by atoms with Gasteiger partial charge in [-0.05, 0) is 47.9 Å². The monoisotopic (exact) mass is 583 g/mol. The Labute approximate surface area is 240 Å². The summed E-state index contributed by atoms with van der Waals surface area (Å²) in [6.45, 7) is 1.78. The number of hydrogen-bond donors (Lipinski definition) is 3. The molecule has 0 atom stereocenters. The molecule has 0 fully saturated rings. The Kier molecular flexibility index (Phi) is 6.99. The van der Waals surface area contributed by atoms with Gasteiger partial charge in [-0.1, -0.05) is 13.0 Å². The van der Waals surface area contributed by atoms with Gasteiger partial charge in [-0.2, -0.15) is 5.10 Å². The van der Waals surface area contributed by atoms with E-state index in [9.17, 15) is 17.6 Å². The number of nitrogens with zero attached hydrogens (tertiary/aromatic N) is 4. The van der Waals surface area contributed by atoms with Crippen molar-refractivity contribution in [1.82, 2.24) is 30.1 Å². The number of pyridine rings is 3. The maximum absolute atomic E-state index is 14.6. The van der Waals surface area contributed by atoms with Crippen LogP contribution in [0, 0.1) is 5.82 Å². The highest BCUT2D eigenvalue weighted by molar-refractivity contribution is 7.90. The molecule has 0 aliphatic heterocycles. The summed E-state index contributed by atoms with van der Waals surface area (Å²) in [5.74, 6) is -0.621. The molecular weight excluding hydrogens is 557 g/mol. The zero-order chi connectivity index (χ0) is 29.4. The van der Waals surface area contributed by atoms with Crippen molar-refractivity contribution < 1.29 is 17.6 Å². The second kappa shape index (κ2) is 10.8. The number of halogens is 1. The van der Waals surface area contributed by atoms with Gasteiger partial charge in [0.1, 0.15) is 21.3 Å². The molecule has 0 saturated heterocycles. The lowest BCUT2D eigenvalue weighted by Crippen LogP contribution is -2.09. The summed E-state index contributed by atoms with van der Waals surface area (Å²) in [6, 6.07) is 10.2. The molecule has 42 heavy (non-hydrogen) atoms. The Morgan fingerprint density at radius 2 is 1.76 bits per heavy atom. The number of H-pyrrole nitrogens is 2. The lowest BCUT2D eigenvalue weighted by atomic mass is 10.0. The molecule has 1 aromatic carbocycles. The lowest BCUT2D eigenvalue weighted by Gasteiger charge is -2.07. The van der Waals surface area contributed by atoms with Crippen molar-refractivity contribution in [2.24, 2.45) is 0 Å². The number of amides is 1. The first-order valence-electron chi connectivity index (χ1n) is 13.2. The van der Waals surface area contributed by atoms with Crippen LogP contribution in [-0.2, 0) is 21.1 Å². The van der Waals surface area contributed by atoms with E-state index in [1.54, 1.807) is 44.0 Å². The zero-order valence-corrected chi connectivity index (χ0v) is 23.6. The average Bonchev–Trinajstić information content (AvgIpc) is 3.59. The van der Waals surface area contributed by atoms with Gasteiger partial charge in [0.25, 0.3) is 0 Å². The van der Waals surface area contributed by atoms with Gasteiger partial charge >= 0.3 is 0 Å². The molecule has 6 rings (SSSR count). The fourth-order valence-corrected chi connectivity index (χ4v) is 5.45. The van der Waals surface area contributed by atoms with Crippen LogP contribution in [-0.4, -0.2) is 56.5 Å². The van der Waals surface area contributed by atoms with E-state index in [0.29, 0.717) is 40.2 Å². The van der Waals surface area contributed by atoms with Gasteiger partial charge in [0.05, 0.1) is 52.5 Å². The summed E-state index contributed by atoms with van der Waals surface area (Å²) in [4.78, 5) is 28.4. The first-order valence-corrected chi connectivity index (χ1v) is 15.3. The number of fused-ring (bicyclic) bond motifs is 2. The summed E-state index contributed by atoms with van der Waals surface area (Å²) in [5.41, 5.74) is 6.72. The van der Waals surface area contributed by atoms with E-state index < -0.39 is 15.7 Å². The molecule has 0 spiro atoms. The molecule has 12 heteroatoms. The summed E-state index contributed by atoms with van der Waals surface area (Å²) in [6.07, 6.45) is 10.0. The standard InChI is InChI=1S/C30H26FN7O3S/c1-3-29(39)35-21-9-19(12-32-13-21)25-11-23-28(16-34-25)37-38-30(23)26-10-22-24(14-33-15-27(22)36-26)18-6-17(7-20(31)8-18)4-5-42(2,40)41/h6-16,36H,3-5H2,1-2H3,(H,35,39)(H,37,38). The number of aryl methyl sites for hydroxylation is 1. The summed E-state index contributed by atoms with van der Waals surface area (Å²) < 4.78 is 37.9. The largest absolute Gasteiger partial charge is 0.352 e. The van der Waals surface area contributed by atoms with E-state index in [4.69, 9.17) is 0 Å². The first-order chi connectivity index (χ1) is 20.2. The van der Waals surface area contributed by atoms with Crippen LogP contribution in [0.15, 0.2) is 67.4 Å². The molecule has 0 radical (unpaired) electrons. The number of hydrogen-bond acceptors (Lipinski definition) is 7. The van der Waals surface area contributed by atoms with Gasteiger partial charge in [0, 0.05) is 47.0 Å². The Balaban J connectivity index is 1.39. The summed E-state index contributed by atoms with van der Waals surface area (Å²) in [5, 5.41) is 12.0. The van der Waals surface area contributed by atoms with E-state index in [1.165, 1.54) is 12.1 Å². The van der Waals surface area contributed by atoms with E-state index in [-0.39, 0.29) is 18.1 Å². The molecule has 0 unspecified atom stereocenters. The van der Waals surface area contributed by atoms with Crippen LogP contribution in [0.3, 0.4) is 0 Å². The Morgan fingerprint density at radius 3 is 2.57 bits per heavy atom. The average molecular weight is 584 g/mol. The third kappa shape index (κ3) is 5.61. The molecule has 6 aromatic rings. The number of benzene rings is 1. The van der Waals surface area contributed by atoms with Crippen molar-refractivity contribution in [3.63, 3.8) is 0 Å². The maximum Gasteiger partial charge on any atom is 0.224 e. The van der Waals surface area contributed by atoms with Crippen LogP contribution < -0.4 is 5.32 Å². The minimum absolute atomic E-state index is 0.0660. The number of nitrogens with one attached hydrogen (secondary N) is 3. The van der Waals surface area contributed by atoms with E-state index in [1.807, 2.05) is 18.2 Å². The van der Waals surface area contributed by atoms with E-state index in [2.05, 4.69) is 35.5 Å². The molecule has 10 nitrogen and oxygen atoms in total. The van der Waals surface area contributed by atoms with E-state index >= 15 is 0 Å². The number of sulfone groups is 1. The molecular formula is C30H26FN7O3S. The third-order valence-electron chi connectivity index (χ3n) is 6.92. The Morgan fingerprint density at radius 1 is 0.929 bits per heavy atom. The maximum atomic E-state index is 14.6. The predicted octanol–water partition coefficient (Wildman–Crippen LogP) is 5.30. The van der Waals surface area contributed by atoms with Gasteiger partial charge in [0.15, 0.2) is 0 Å². The van der Waals surface area contributed by atoms with Gasteiger partial charge in [-0.25, -0.2) is 12.8 Å². The van der Waals surface area contributed by atoms with Crippen molar-refractivity contribution >= 4 is 43.2 Å². The molecule has 0 aliphatic rings. The minimum Gasteiger partial charge on any atom is -0.352 e. The first kappa shape index (κ1) is 27.2. The van der Waals surface area contributed by atoms with Crippen molar-refractivity contribution in [3.8, 4) is 33.8 Å². The highest BCUT2D eigenvalue weighted by Crippen LogP contribution is 2.35. The number of aromatic amines is 2. The fourth-order valence-electron chi connectivity index (χ4n) is 4.84. The molecule has 0 saturated carbocycles. The van der Waals surface area contributed by atoms with Crippen molar-refractivity contribution in [3.05, 3.63) is 78.8 Å².